The number of hydrogen-bond donors (Lipinski definition) is 3. The van der Waals surface area contributed by atoms with Gasteiger partial charge >= 0.3 is 0 Å². The first-order valence-electron chi connectivity index (χ1n) is 6.79. The van der Waals surface area contributed by atoms with Crippen LogP contribution in [-0.2, 0) is 0 Å². The summed E-state index contributed by atoms with van der Waals surface area (Å²) in [5.41, 5.74) is 10.7. The van der Waals surface area contributed by atoms with Crippen molar-refractivity contribution in [2.75, 3.05) is 11.1 Å². The number of aryl methyl sites for hydroxylation is 1. The molecule has 5 heteroatoms. The fourth-order valence-electron chi connectivity index (χ4n) is 2.29. The van der Waals surface area contributed by atoms with Crippen molar-refractivity contribution in [3.05, 3.63) is 40.7 Å². The summed E-state index contributed by atoms with van der Waals surface area (Å²) in [7, 11) is 0. The minimum Gasteiger partial charge on any atom is -0.395 e. The Labute approximate surface area is 117 Å². The Balaban J connectivity index is 1.84. The van der Waals surface area contributed by atoms with E-state index in [0.717, 1.165) is 35.3 Å². The lowest BCUT2D eigenvalue weighted by atomic mass is 10.1. The van der Waals surface area contributed by atoms with Crippen LogP contribution in [0.3, 0.4) is 0 Å². The molecule has 20 heavy (non-hydrogen) atoms. The van der Waals surface area contributed by atoms with Crippen LogP contribution in [0.5, 0.6) is 0 Å². The molecule has 1 fully saturated rings. The Kier molecular flexibility index (Phi) is 2.97. The monoisotopic (exact) mass is 270 g/mol. The molecule has 1 amide bonds. The maximum atomic E-state index is 12.3. The summed E-state index contributed by atoms with van der Waals surface area (Å²) in [6.45, 7) is 3.99. The predicted molar refractivity (Wildman–Crippen MR) is 78.8 cm³/mol. The van der Waals surface area contributed by atoms with Crippen molar-refractivity contribution in [2.24, 2.45) is 0 Å². The summed E-state index contributed by atoms with van der Waals surface area (Å²) in [5.74, 6) is 0.184. The molecule has 1 aliphatic carbocycles. The molecular weight excluding hydrogens is 252 g/mol. The molecule has 0 unspecified atom stereocenters. The van der Waals surface area contributed by atoms with Gasteiger partial charge in [0.1, 0.15) is 0 Å². The molecule has 4 N–H and O–H groups in total. The average molecular weight is 270 g/mol. The van der Waals surface area contributed by atoms with Crippen LogP contribution in [0.15, 0.2) is 18.2 Å². The van der Waals surface area contributed by atoms with Gasteiger partial charge in [-0.2, -0.15) is 5.10 Å². The molecule has 5 nitrogen and oxygen atoms in total. The molecular formula is C15H18N4O. The highest BCUT2D eigenvalue weighted by Crippen LogP contribution is 2.42. The highest BCUT2D eigenvalue weighted by molar-refractivity contribution is 6.07. The number of nitrogens with one attached hydrogen (secondary N) is 2. The Bertz CT molecular complexity index is 671. The minimum atomic E-state index is -0.264. The van der Waals surface area contributed by atoms with E-state index in [0.29, 0.717) is 11.6 Å². The first-order valence-corrected chi connectivity index (χ1v) is 6.79. The number of hydrogen-bond acceptors (Lipinski definition) is 3. The van der Waals surface area contributed by atoms with Crippen molar-refractivity contribution in [1.29, 1.82) is 0 Å². The second-order valence-electron chi connectivity index (χ2n) is 5.38. The maximum Gasteiger partial charge on any atom is 0.278 e. The topological polar surface area (TPSA) is 83.8 Å². The fourth-order valence-corrected chi connectivity index (χ4v) is 2.29. The number of aromatic nitrogens is 2. The third-order valence-corrected chi connectivity index (χ3v) is 3.89. The summed E-state index contributed by atoms with van der Waals surface area (Å²) in [6.07, 6.45) is 2.23. The Morgan fingerprint density at radius 1 is 1.40 bits per heavy atom. The van der Waals surface area contributed by atoms with Gasteiger partial charge in [0.25, 0.3) is 5.91 Å². The molecule has 0 bridgehead atoms. The molecule has 1 heterocycles. The van der Waals surface area contributed by atoms with Crippen molar-refractivity contribution in [1.82, 2.24) is 10.2 Å². The quantitative estimate of drug-likeness (QED) is 0.801. The molecule has 0 radical (unpaired) electrons. The van der Waals surface area contributed by atoms with Gasteiger partial charge in [0, 0.05) is 11.6 Å². The van der Waals surface area contributed by atoms with Gasteiger partial charge in [0.15, 0.2) is 5.69 Å². The molecule has 0 saturated heterocycles. The van der Waals surface area contributed by atoms with E-state index in [4.69, 9.17) is 5.73 Å². The normalized spacial score (nSPS) is 14.3. The summed E-state index contributed by atoms with van der Waals surface area (Å²) >= 11 is 0. The number of amides is 1. The Morgan fingerprint density at radius 2 is 2.15 bits per heavy atom. The Hall–Kier alpha value is -2.30. The van der Waals surface area contributed by atoms with Gasteiger partial charge in [-0.15, -0.1) is 0 Å². The van der Waals surface area contributed by atoms with Crippen molar-refractivity contribution >= 4 is 17.3 Å². The molecule has 0 atom stereocenters. The zero-order valence-electron chi connectivity index (χ0n) is 11.7. The van der Waals surface area contributed by atoms with E-state index in [1.54, 1.807) is 0 Å². The predicted octanol–water partition coefficient (Wildman–Crippen LogP) is 2.74. The maximum absolute atomic E-state index is 12.3. The molecule has 0 aliphatic heterocycles. The van der Waals surface area contributed by atoms with Crippen molar-refractivity contribution in [3.63, 3.8) is 0 Å². The molecule has 1 aromatic carbocycles. The SMILES string of the molecule is Cc1cccc(NC(=O)c2n[nH]c(C3CC3)c2N)c1C. The molecule has 1 saturated carbocycles. The molecule has 1 aromatic heterocycles. The van der Waals surface area contributed by atoms with Gasteiger partial charge in [-0.25, -0.2) is 0 Å². The summed E-state index contributed by atoms with van der Waals surface area (Å²) in [5, 5.41) is 9.84. The summed E-state index contributed by atoms with van der Waals surface area (Å²) in [6, 6.07) is 5.81. The summed E-state index contributed by atoms with van der Waals surface area (Å²) in [4.78, 5) is 12.3. The standard InChI is InChI=1S/C15H18N4O/c1-8-4-3-5-11(9(8)2)17-15(20)14-12(16)13(18-19-14)10-6-7-10/h3-5,10H,6-7,16H2,1-2H3,(H,17,20)(H,18,19). The van der Waals surface area contributed by atoms with Crippen LogP contribution >= 0.6 is 0 Å². The van der Waals surface area contributed by atoms with E-state index in [1.807, 2.05) is 32.0 Å². The second-order valence-corrected chi connectivity index (χ2v) is 5.38. The molecule has 1 aliphatic rings. The van der Waals surface area contributed by atoms with Gasteiger partial charge in [0.05, 0.1) is 11.4 Å². The van der Waals surface area contributed by atoms with Crippen LogP contribution in [0.25, 0.3) is 0 Å². The average Bonchev–Trinajstić information content (AvgIpc) is 3.18. The van der Waals surface area contributed by atoms with Crippen LogP contribution in [0, 0.1) is 13.8 Å². The smallest absolute Gasteiger partial charge is 0.278 e. The van der Waals surface area contributed by atoms with Crippen molar-refractivity contribution in [2.45, 2.75) is 32.6 Å². The van der Waals surface area contributed by atoms with E-state index in [1.165, 1.54) is 0 Å². The van der Waals surface area contributed by atoms with Gasteiger partial charge in [0.2, 0.25) is 0 Å². The highest BCUT2D eigenvalue weighted by Gasteiger charge is 2.30. The fraction of sp³-hybridized carbons (Fsp3) is 0.333. The molecule has 3 rings (SSSR count). The third-order valence-electron chi connectivity index (χ3n) is 3.89. The van der Waals surface area contributed by atoms with Gasteiger partial charge in [-0.05, 0) is 43.9 Å². The zero-order valence-corrected chi connectivity index (χ0v) is 11.7. The van der Waals surface area contributed by atoms with E-state index >= 15 is 0 Å². The Morgan fingerprint density at radius 3 is 2.85 bits per heavy atom. The van der Waals surface area contributed by atoms with Gasteiger partial charge in [-0.3, -0.25) is 9.89 Å². The van der Waals surface area contributed by atoms with E-state index < -0.39 is 0 Å². The van der Waals surface area contributed by atoms with E-state index in [9.17, 15) is 4.79 Å². The first kappa shape index (κ1) is 12.7. The number of rotatable bonds is 3. The number of nitrogen functional groups attached to an aromatic ring is 1. The lowest BCUT2D eigenvalue weighted by Crippen LogP contribution is -2.15. The van der Waals surface area contributed by atoms with Crippen LogP contribution in [-0.4, -0.2) is 16.1 Å². The van der Waals surface area contributed by atoms with Crippen LogP contribution < -0.4 is 11.1 Å². The molecule has 104 valence electrons. The van der Waals surface area contributed by atoms with Crippen LogP contribution in [0.2, 0.25) is 0 Å². The molecule has 0 spiro atoms. The van der Waals surface area contributed by atoms with Crippen molar-refractivity contribution < 1.29 is 4.79 Å². The third kappa shape index (κ3) is 2.15. The summed E-state index contributed by atoms with van der Waals surface area (Å²) < 4.78 is 0. The number of carbonyl (C=O) groups is 1. The highest BCUT2D eigenvalue weighted by atomic mass is 16.2. The van der Waals surface area contributed by atoms with E-state index in [2.05, 4.69) is 15.5 Å². The van der Waals surface area contributed by atoms with Gasteiger partial charge < -0.3 is 11.1 Å². The number of carbonyl (C=O) groups excluding carboxylic acids is 1. The van der Waals surface area contributed by atoms with Crippen LogP contribution in [0.4, 0.5) is 11.4 Å². The molecule has 2 aromatic rings. The number of benzene rings is 1. The lowest BCUT2D eigenvalue weighted by Gasteiger charge is -2.09. The second kappa shape index (κ2) is 4.67. The minimum absolute atomic E-state index is 0.264. The number of aromatic amines is 1. The van der Waals surface area contributed by atoms with Crippen LogP contribution in [0.1, 0.15) is 46.1 Å². The zero-order chi connectivity index (χ0) is 14.3. The number of anilines is 2. The largest absolute Gasteiger partial charge is 0.395 e. The number of nitrogens with two attached hydrogens (primary N) is 1. The first-order chi connectivity index (χ1) is 9.58. The number of nitrogens with zero attached hydrogens (tertiary/aromatic N) is 1. The van der Waals surface area contributed by atoms with Gasteiger partial charge in [-0.1, -0.05) is 12.1 Å². The van der Waals surface area contributed by atoms with Crippen molar-refractivity contribution in [3.8, 4) is 0 Å². The lowest BCUT2D eigenvalue weighted by molar-refractivity contribution is 0.102. The van der Waals surface area contributed by atoms with E-state index in [-0.39, 0.29) is 11.6 Å². The number of H-pyrrole nitrogens is 1.